The highest BCUT2D eigenvalue weighted by Crippen LogP contribution is 2.50. The van der Waals surface area contributed by atoms with Crippen LogP contribution in [0.1, 0.15) is 19.4 Å². The van der Waals surface area contributed by atoms with Crippen molar-refractivity contribution in [2.75, 3.05) is 4.90 Å². The zero-order valence-electron chi connectivity index (χ0n) is 25.8. The van der Waals surface area contributed by atoms with Crippen LogP contribution in [0.3, 0.4) is 0 Å². The molecule has 0 spiro atoms. The molecule has 0 amide bonds. The molecule has 220 valence electrons. The smallest absolute Gasteiger partial charge is 0.142 e. The molecule has 5 nitrogen and oxygen atoms in total. The van der Waals surface area contributed by atoms with Crippen molar-refractivity contribution in [3.05, 3.63) is 151 Å². The Morgan fingerprint density at radius 2 is 1.43 bits per heavy atom. The van der Waals surface area contributed by atoms with E-state index in [4.69, 9.17) is 4.98 Å². The van der Waals surface area contributed by atoms with E-state index >= 15 is 0 Å². The Hall–Kier alpha value is -5.94. The summed E-state index contributed by atoms with van der Waals surface area (Å²) in [5, 5.41) is 4.48. The molecule has 3 aromatic heterocycles. The number of aliphatic imine (C=N–C) groups is 1. The molecule has 0 atom stereocenters. The molecule has 7 aromatic rings. The lowest BCUT2D eigenvalue weighted by Gasteiger charge is -2.41. The minimum Gasteiger partial charge on any atom is -0.278 e. The van der Waals surface area contributed by atoms with Crippen LogP contribution in [0.15, 0.2) is 151 Å². The molecule has 0 fully saturated rings. The molecule has 1 aliphatic rings. The van der Waals surface area contributed by atoms with E-state index in [1.165, 1.54) is 10.9 Å². The Bertz CT molecular complexity index is 2390. The zero-order valence-corrected chi connectivity index (χ0v) is 25.8. The highest BCUT2D eigenvalue weighted by molar-refractivity contribution is 6.07. The van der Waals surface area contributed by atoms with Crippen molar-refractivity contribution in [2.45, 2.75) is 19.3 Å². The molecule has 5 heteroatoms. The Morgan fingerprint density at radius 3 is 2.20 bits per heavy atom. The van der Waals surface area contributed by atoms with Crippen LogP contribution in [0.2, 0.25) is 0 Å². The number of fused-ring (bicyclic) bond motifs is 5. The first-order valence-corrected chi connectivity index (χ1v) is 15.4. The van der Waals surface area contributed by atoms with Crippen LogP contribution in [0.25, 0.3) is 55.0 Å². The van der Waals surface area contributed by atoms with E-state index in [1.807, 2.05) is 36.5 Å². The predicted octanol–water partition coefficient (Wildman–Crippen LogP) is 10.2. The third-order valence-electron chi connectivity index (χ3n) is 9.21. The van der Waals surface area contributed by atoms with Crippen LogP contribution in [-0.2, 0) is 5.41 Å². The normalized spacial score (nSPS) is 14.1. The number of pyridine rings is 3. The molecule has 4 heterocycles. The van der Waals surface area contributed by atoms with Crippen LogP contribution >= 0.6 is 0 Å². The second-order valence-corrected chi connectivity index (χ2v) is 12.1. The highest BCUT2D eigenvalue weighted by Gasteiger charge is 2.38. The standard InChI is InChI=1S/C41H31N5/c1-5-33-40(42-4)46(37-14-8-9-23-43-37)36-22-18-28(25-34(36)41(33,2)3)29-19-20-32(31-13-7-6-12-30(29)31)35-21-17-27-16-15-26-11-10-24-44-38(26)39(27)45-35/h5-25H,1,4H2,2-3H3. The lowest BCUT2D eigenvalue weighted by Crippen LogP contribution is -2.33. The topological polar surface area (TPSA) is 54.3 Å². The number of anilines is 2. The van der Waals surface area contributed by atoms with Crippen molar-refractivity contribution in [1.29, 1.82) is 0 Å². The SMILES string of the molecule is C=CC1=C(N=C)N(c2ccccn2)c2ccc(-c3ccc(-c4ccc5ccc6cccnc6c5n4)c4ccccc34)cc2C1(C)C. The van der Waals surface area contributed by atoms with Crippen molar-refractivity contribution in [3.63, 3.8) is 0 Å². The Morgan fingerprint density at radius 1 is 0.717 bits per heavy atom. The summed E-state index contributed by atoms with van der Waals surface area (Å²) >= 11 is 0. The number of benzene rings is 4. The Balaban J connectivity index is 1.31. The molecule has 0 bridgehead atoms. The average molecular weight is 594 g/mol. The molecule has 1 aliphatic heterocycles. The highest BCUT2D eigenvalue weighted by atomic mass is 15.3. The first kappa shape index (κ1) is 27.6. The van der Waals surface area contributed by atoms with E-state index in [0.717, 1.165) is 72.5 Å². The van der Waals surface area contributed by atoms with Gasteiger partial charge in [-0.15, -0.1) is 0 Å². The molecular weight excluding hydrogens is 562 g/mol. The summed E-state index contributed by atoms with van der Waals surface area (Å²) in [6.07, 6.45) is 5.53. The van der Waals surface area contributed by atoms with Gasteiger partial charge in [-0.2, -0.15) is 0 Å². The first-order valence-electron chi connectivity index (χ1n) is 15.4. The maximum absolute atomic E-state index is 5.17. The van der Waals surface area contributed by atoms with Gasteiger partial charge >= 0.3 is 0 Å². The van der Waals surface area contributed by atoms with Gasteiger partial charge in [-0.25, -0.2) is 15.0 Å². The molecule has 8 rings (SSSR count). The zero-order chi connectivity index (χ0) is 31.4. The number of hydrogen-bond donors (Lipinski definition) is 0. The molecule has 0 unspecified atom stereocenters. The summed E-state index contributed by atoms with van der Waals surface area (Å²) in [4.78, 5) is 21.1. The van der Waals surface area contributed by atoms with E-state index in [1.54, 1.807) is 6.20 Å². The molecule has 0 radical (unpaired) electrons. The van der Waals surface area contributed by atoms with Gasteiger partial charge in [-0.1, -0.05) is 99.3 Å². The summed E-state index contributed by atoms with van der Waals surface area (Å²) in [6.45, 7) is 12.5. The molecule has 46 heavy (non-hydrogen) atoms. The molecular formula is C41H31N5. The fourth-order valence-corrected chi connectivity index (χ4v) is 6.93. The average Bonchev–Trinajstić information content (AvgIpc) is 3.11. The van der Waals surface area contributed by atoms with Gasteiger partial charge in [0.25, 0.3) is 0 Å². The minimum absolute atomic E-state index is 0.365. The second kappa shape index (κ2) is 10.6. The van der Waals surface area contributed by atoms with E-state index < -0.39 is 0 Å². The quantitative estimate of drug-likeness (QED) is 0.147. The summed E-state index contributed by atoms with van der Waals surface area (Å²) in [5.74, 6) is 1.54. The van der Waals surface area contributed by atoms with E-state index in [0.29, 0.717) is 0 Å². The maximum Gasteiger partial charge on any atom is 0.142 e. The van der Waals surface area contributed by atoms with Crippen molar-refractivity contribution < 1.29 is 0 Å². The van der Waals surface area contributed by atoms with Crippen molar-refractivity contribution >= 4 is 50.8 Å². The minimum atomic E-state index is -0.365. The van der Waals surface area contributed by atoms with Crippen LogP contribution in [-0.4, -0.2) is 21.7 Å². The Labute approximate surface area is 267 Å². The van der Waals surface area contributed by atoms with Gasteiger partial charge in [0, 0.05) is 39.7 Å². The van der Waals surface area contributed by atoms with E-state index in [2.05, 4.69) is 132 Å². The maximum atomic E-state index is 5.17. The predicted molar refractivity (Wildman–Crippen MR) is 192 cm³/mol. The van der Waals surface area contributed by atoms with Gasteiger partial charge in [-0.05, 0) is 70.6 Å². The van der Waals surface area contributed by atoms with Crippen LogP contribution in [0, 0.1) is 0 Å². The number of nitrogens with zero attached hydrogens (tertiary/aromatic N) is 5. The number of hydrogen-bond acceptors (Lipinski definition) is 5. The summed E-state index contributed by atoms with van der Waals surface area (Å²) < 4.78 is 0. The van der Waals surface area contributed by atoms with Crippen molar-refractivity contribution in [1.82, 2.24) is 15.0 Å². The van der Waals surface area contributed by atoms with E-state index in [-0.39, 0.29) is 5.41 Å². The van der Waals surface area contributed by atoms with Crippen molar-refractivity contribution in [2.24, 2.45) is 4.99 Å². The molecule has 0 saturated heterocycles. The molecule has 4 aromatic carbocycles. The third kappa shape index (κ3) is 4.16. The molecule has 0 saturated carbocycles. The van der Waals surface area contributed by atoms with Gasteiger partial charge in [0.1, 0.15) is 11.6 Å². The summed E-state index contributed by atoms with van der Waals surface area (Å²) in [5.41, 5.74) is 8.98. The van der Waals surface area contributed by atoms with Gasteiger partial charge in [0.2, 0.25) is 0 Å². The summed E-state index contributed by atoms with van der Waals surface area (Å²) in [7, 11) is 0. The molecule has 0 N–H and O–H groups in total. The number of aromatic nitrogens is 3. The third-order valence-corrected chi connectivity index (χ3v) is 9.21. The second-order valence-electron chi connectivity index (χ2n) is 12.1. The lowest BCUT2D eigenvalue weighted by molar-refractivity contribution is 0.616. The largest absolute Gasteiger partial charge is 0.278 e. The van der Waals surface area contributed by atoms with Crippen molar-refractivity contribution in [3.8, 4) is 22.4 Å². The molecule has 0 aliphatic carbocycles. The van der Waals surface area contributed by atoms with Crippen LogP contribution < -0.4 is 4.90 Å². The monoisotopic (exact) mass is 593 g/mol. The van der Waals surface area contributed by atoms with Gasteiger partial charge in [-0.3, -0.25) is 9.88 Å². The van der Waals surface area contributed by atoms with Gasteiger partial charge in [0.15, 0.2) is 0 Å². The number of allylic oxidation sites excluding steroid dienone is 2. The Kier molecular flexibility index (Phi) is 6.36. The number of rotatable bonds is 5. The fraction of sp³-hybridized carbons (Fsp3) is 0.0732. The van der Waals surface area contributed by atoms with Gasteiger partial charge < -0.3 is 0 Å². The van der Waals surface area contributed by atoms with Crippen LogP contribution in [0.5, 0.6) is 0 Å². The van der Waals surface area contributed by atoms with Gasteiger partial charge in [0.05, 0.1) is 22.4 Å². The lowest BCUT2D eigenvalue weighted by atomic mass is 9.73. The van der Waals surface area contributed by atoms with Crippen LogP contribution in [0.4, 0.5) is 11.5 Å². The fourth-order valence-electron chi connectivity index (χ4n) is 6.93. The first-order chi connectivity index (χ1) is 22.5. The summed E-state index contributed by atoms with van der Waals surface area (Å²) in [6, 6.07) is 38.1. The van der Waals surface area contributed by atoms with E-state index in [9.17, 15) is 0 Å².